The second-order valence-corrected chi connectivity index (χ2v) is 4.39. The minimum Gasteiger partial charge on any atom is -0.490 e. The molecule has 1 aromatic heterocycles. The van der Waals surface area contributed by atoms with E-state index >= 15 is 0 Å². The van der Waals surface area contributed by atoms with Crippen molar-refractivity contribution in [2.24, 2.45) is 0 Å². The first kappa shape index (κ1) is 9.52. The summed E-state index contributed by atoms with van der Waals surface area (Å²) in [6.07, 6.45) is 4.93. The topological polar surface area (TPSA) is 46.5 Å². The smallest absolute Gasteiger partial charge is 0.346 e. The van der Waals surface area contributed by atoms with Gasteiger partial charge in [-0.15, -0.1) is 11.3 Å². The van der Waals surface area contributed by atoms with Crippen LogP contribution in [0.25, 0.3) is 0 Å². The van der Waals surface area contributed by atoms with Crippen molar-refractivity contribution in [3.05, 3.63) is 16.3 Å². The quantitative estimate of drug-likeness (QED) is 0.838. The van der Waals surface area contributed by atoms with Gasteiger partial charge < -0.3 is 9.84 Å². The summed E-state index contributed by atoms with van der Waals surface area (Å²) < 4.78 is 5.65. The van der Waals surface area contributed by atoms with E-state index in [4.69, 9.17) is 9.84 Å². The zero-order chi connectivity index (χ0) is 9.97. The summed E-state index contributed by atoms with van der Waals surface area (Å²) in [6, 6.07) is 1.60. The highest BCUT2D eigenvalue weighted by Gasteiger charge is 2.17. The van der Waals surface area contributed by atoms with Crippen LogP contribution in [0.5, 0.6) is 5.75 Å². The number of hydrogen-bond acceptors (Lipinski definition) is 3. The van der Waals surface area contributed by atoms with Gasteiger partial charge in [-0.05, 0) is 25.7 Å². The van der Waals surface area contributed by atoms with Gasteiger partial charge in [-0.25, -0.2) is 4.79 Å². The lowest BCUT2D eigenvalue weighted by molar-refractivity contribution is 0.0701. The molecule has 0 saturated heterocycles. The molecule has 0 amide bonds. The molecule has 1 aromatic rings. The number of carboxylic acid groups (broad SMARTS) is 1. The molecule has 4 heteroatoms. The SMILES string of the molecule is O=C(O)c1cc(OC2CCCC2)cs1. The van der Waals surface area contributed by atoms with E-state index < -0.39 is 5.97 Å². The van der Waals surface area contributed by atoms with Crippen LogP contribution >= 0.6 is 11.3 Å². The monoisotopic (exact) mass is 212 g/mol. The highest BCUT2D eigenvalue weighted by Crippen LogP contribution is 2.27. The summed E-state index contributed by atoms with van der Waals surface area (Å²) in [5, 5.41) is 10.5. The highest BCUT2D eigenvalue weighted by molar-refractivity contribution is 7.12. The molecule has 1 aliphatic rings. The zero-order valence-corrected chi connectivity index (χ0v) is 8.55. The lowest BCUT2D eigenvalue weighted by Gasteiger charge is -2.10. The maximum atomic E-state index is 10.6. The van der Waals surface area contributed by atoms with Crippen molar-refractivity contribution >= 4 is 17.3 Å². The number of aromatic carboxylic acids is 1. The normalized spacial score (nSPS) is 17.1. The van der Waals surface area contributed by atoms with E-state index in [0.29, 0.717) is 16.7 Å². The van der Waals surface area contributed by atoms with E-state index in [1.54, 1.807) is 11.4 Å². The summed E-state index contributed by atoms with van der Waals surface area (Å²) in [6.45, 7) is 0. The average Bonchev–Trinajstić information content (AvgIpc) is 2.75. The number of hydrogen-bond donors (Lipinski definition) is 1. The minimum absolute atomic E-state index is 0.297. The Balaban J connectivity index is 1.98. The molecule has 0 unspecified atom stereocenters. The fourth-order valence-corrected chi connectivity index (χ4v) is 2.34. The summed E-state index contributed by atoms with van der Waals surface area (Å²) in [7, 11) is 0. The largest absolute Gasteiger partial charge is 0.490 e. The van der Waals surface area contributed by atoms with Crippen LogP contribution in [0.15, 0.2) is 11.4 Å². The molecular formula is C10H12O3S. The molecule has 0 radical (unpaired) electrons. The predicted molar refractivity (Wildman–Crippen MR) is 54.2 cm³/mol. The highest BCUT2D eigenvalue weighted by atomic mass is 32.1. The number of carbonyl (C=O) groups is 1. The molecule has 0 aliphatic heterocycles. The van der Waals surface area contributed by atoms with Gasteiger partial charge in [-0.1, -0.05) is 0 Å². The molecule has 1 heterocycles. The summed E-state index contributed by atoms with van der Waals surface area (Å²) >= 11 is 1.22. The van der Waals surface area contributed by atoms with E-state index in [1.807, 2.05) is 0 Å². The zero-order valence-electron chi connectivity index (χ0n) is 7.73. The van der Waals surface area contributed by atoms with Crippen LogP contribution in [0.2, 0.25) is 0 Å². The Bertz CT molecular complexity index is 326. The Hall–Kier alpha value is -1.03. The van der Waals surface area contributed by atoms with Gasteiger partial charge in [0.15, 0.2) is 0 Å². The summed E-state index contributed by atoms with van der Waals surface area (Å²) in [5.74, 6) is -0.171. The lowest BCUT2D eigenvalue weighted by atomic mass is 10.3. The first-order chi connectivity index (χ1) is 6.75. The molecule has 2 rings (SSSR count). The maximum Gasteiger partial charge on any atom is 0.346 e. The maximum absolute atomic E-state index is 10.6. The fraction of sp³-hybridized carbons (Fsp3) is 0.500. The van der Waals surface area contributed by atoms with Gasteiger partial charge in [0.1, 0.15) is 10.6 Å². The Kier molecular flexibility index (Phi) is 2.72. The lowest BCUT2D eigenvalue weighted by Crippen LogP contribution is -2.10. The first-order valence-electron chi connectivity index (χ1n) is 4.74. The average molecular weight is 212 g/mol. The van der Waals surface area contributed by atoms with E-state index in [0.717, 1.165) is 12.8 Å². The third kappa shape index (κ3) is 2.07. The van der Waals surface area contributed by atoms with Gasteiger partial charge in [0.25, 0.3) is 0 Å². The predicted octanol–water partition coefficient (Wildman–Crippen LogP) is 2.77. The van der Waals surface area contributed by atoms with Gasteiger partial charge in [0.2, 0.25) is 0 Å². The van der Waals surface area contributed by atoms with Crippen molar-refractivity contribution in [2.45, 2.75) is 31.8 Å². The van der Waals surface area contributed by atoms with Gasteiger partial charge in [0.05, 0.1) is 6.10 Å². The van der Waals surface area contributed by atoms with E-state index in [9.17, 15) is 4.79 Å². The third-order valence-electron chi connectivity index (χ3n) is 2.39. The van der Waals surface area contributed by atoms with E-state index in [2.05, 4.69) is 0 Å². The molecule has 1 fully saturated rings. The van der Waals surface area contributed by atoms with Crippen molar-refractivity contribution in [1.82, 2.24) is 0 Å². The molecule has 1 N–H and O–H groups in total. The molecule has 0 aromatic carbocycles. The van der Waals surface area contributed by atoms with Crippen molar-refractivity contribution in [3.63, 3.8) is 0 Å². The second kappa shape index (κ2) is 4.00. The number of carboxylic acids is 1. The van der Waals surface area contributed by atoms with Crippen molar-refractivity contribution in [3.8, 4) is 5.75 Å². The molecule has 0 bridgehead atoms. The van der Waals surface area contributed by atoms with Crippen LogP contribution in [-0.4, -0.2) is 17.2 Å². The second-order valence-electron chi connectivity index (χ2n) is 3.48. The van der Waals surface area contributed by atoms with Crippen LogP contribution in [0.3, 0.4) is 0 Å². The van der Waals surface area contributed by atoms with Crippen LogP contribution in [-0.2, 0) is 0 Å². The Morgan fingerprint density at radius 1 is 1.50 bits per heavy atom. The van der Waals surface area contributed by atoms with Crippen molar-refractivity contribution in [1.29, 1.82) is 0 Å². The molecule has 1 aliphatic carbocycles. The van der Waals surface area contributed by atoms with Gasteiger partial charge in [-0.3, -0.25) is 0 Å². The van der Waals surface area contributed by atoms with E-state index in [1.165, 1.54) is 24.2 Å². The molecule has 0 atom stereocenters. The van der Waals surface area contributed by atoms with Crippen molar-refractivity contribution in [2.75, 3.05) is 0 Å². The van der Waals surface area contributed by atoms with Crippen molar-refractivity contribution < 1.29 is 14.6 Å². The van der Waals surface area contributed by atoms with E-state index in [-0.39, 0.29) is 0 Å². The Morgan fingerprint density at radius 3 is 2.79 bits per heavy atom. The number of rotatable bonds is 3. The third-order valence-corrected chi connectivity index (χ3v) is 3.29. The van der Waals surface area contributed by atoms with Gasteiger partial charge >= 0.3 is 5.97 Å². The molecule has 3 nitrogen and oxygen atoms in total. The number of ether oxygens (including phenoxy) is 1. The summed E-state index contributed by atoms with van der Waals surface area (Å²) in [4.78, 5) is 11.0. The van der Waals surface area contributed by atoms with Gasteiger partial charge in [0, 0.05) is 11.4 Å². The molecule has 0 spiro atoms. The fourth-order valence-electron chi connectivity index (χ4n) is 1.69. The molecule has 76 valence electrons. The standard InChI is InChI=1S/C10H12O3S/c11-10(12)9-5-8(6-14-9)13-7-3-1-2-4-7/h5-7H,1-4H2,(H,11,12). The first-order valence-corrected chi connectivity index (χ1v) is 5.62. The Labute approximate surface area is 86.3 Å². The molecule has 14 heavy (non-hydrogen) atoms. The van der Waals surface area contributed by atoms with Gasteiger partial charge in [-0.2, -0.15) is 0 Å². The Morgan fingerprint density at radius 2 is 2.21 bits per heavy atom. The number of thiophene rings is 1. The van der Waals surface area contributed by atoms with Crippen LogP contribution in [0.4, 0.5) is 0 Å². The molecule has 1 saturated carbocycles. The summed E-state index contributed by atoms with van der Waals surface area (Å²) in [5.41, 5.74) is 0. The van der Waals surface area contributed by atoms with Crippen LogP contribution in [0.1, 0.15) is 35.4 Å². The van der Waals surface area contributed by atoms with Crippen LogP contribution in [0, 0.1) is 0 Å². The minimum atomic E-state index is -0.878. The van der Waals surface area contributed by atoms with Crippen LogP contribution < -0.4 is 4.74 Å². The molecular weight excluding hydrogens is 200 g/mol.